The van der Waals surface area contributed by atoms with E-state index in [-0.39, 0.29) is 23.6 Å². The summed E-state index contributed by atoms with van der Waals surface area (Å²) in [6.45, 7) is 6.27. The molecule has 0 N–H and O–H groups in total. The molecule has 2 saturated heterocycles. The molecule has 2 atom stereocenters. The van der Waals surface area contributed by atoms with E-state index in [2.05, 4.69) is 9.89 Å². The Morgan fingerprint density at radius 2 is 2.11 bits per heavy atom. The molecule has 4 rings (SSSR count). The second kappa shape index (κ2) is 8.82. The molecule has 1 aromatic rings. The van der Waals surface area contributed by atoms with Crippen LogP contribution in [0, 0.1) is 5.82 Å². The summed E-state index contributed by atoms with van der Waals surface area (Å²) in [5.41, 5.74) is 0.144. The summed E-state index contributed by atoms with van der Waals surface area (Å²) in [5.74, 6) is 0.653. The van der Waals surface area contributed by atoms with Gasteiger partial charge in [0.15, 0.2) is 0 Å². The second-order valence-corrected chi connectivity index (χ2v) is 9.08. The van der Waals surface area contributed by atoms with Crippen LogP contribution in [0.1, 0.15) is 43.0 Å². The molecule has 0 radical (unpaired) electrons. The minimum atomic E-state index is -0.505. The van der Waals surface area contributed by atoms with Crippen LogP contribution in [0.5, 0.6) is 5.75 Å². The molecule has 1 aromatic carbocycles. The van der Waals surface area contributed by atoms with Gasteiger partial charge in [0, 0.05) is 31.0 Å². The molecule has 7 heteroatoms. The van der Waals surface area contributed by atoms with Crippen molar-refractivity contribution in [1.82, 2.24) is 9.80 Å². The minimum Gasteiger partial charge on any atom is -0.491 e. The van der Waals surface area contributed by atoms with Crippen molar-refractivity contribution in [3.63, 3.8) is 0 Å². The van der Waals surface area contributed by atoms with E-state index in [1.807, 2.05) is 11.8 Å². The van der Waals surface area contributed by atoms with Crippen LogP contribution in [0.3, 0.4) is 0 Å². The molecule has 2 fully saturated rings. The number of halogens is 1. The monoisotopic (exact) mass is 405 g/mol. The molecule has 1 amide bonds. The van der Waals surface area contributed by atoms with Crippen LogP contribution in [0.4, 0.5) is 4.39 Å². The average Bonchev–Trinajstić information content (AvgIpc) is 3.43. The Labute approximate surface area is 170 Å². The summed E-state index contributed by atoms with van der Waals surface area (Å²) in [5, 5.41) is 1.06. The van der Waals surface area contributed by atoms with Gasteiger partial charge in [-0.1, -0.05) is 0 Å². The highest BCUT2D eigenvalue weighted by Gasteiger charge is 2.32. The van der Waals surface area contributed by atoms with E-state index >= 15 is 0 Å². The summed E-state index contributed by atoms with van der Waals surface area (Å²) in [7, 11) is 0. The largest absolute Gasteiger partial charge is 0.491 e. The van der Waals surface area contributed by atoms with E-state index in [1.165, 1.54) is 18.9 Å². The standard InChI is InChI=1S/C21H28FN3O2S/c1-15-23-16(14-28-15)13-27-18-6-7-19(20(22)11-18)21(26)25-10-4-5-17(25)12-24-8-2-3-9-24/h6-7,11,16-17H,2-5,8-10,12-14H2,1H3/t16?,17-/m0/s1. The molecule has 152 valence electrons. The molecular formula is C21H28FN3O2S. The molecule has 5 nitrogen and oxygen atoms in total. The lowest BCUT2D eigenvalue weighted by Crippen LogP contribution is -2.42. The van der Waals surface area contributed by atoms with Crippen LogP contribution in [0.25, 0.3) is 0 Å². The fourth-order valence-corrected chi connectivity index (χ4v) is 5.12. The molecule has 0 aromatic heterocycles. The zero-order chi connectivity index (χ0) is 19.5. The van der Waals surface area contributed by atoms with Crippen LogP contribution >= 0.6 is 11.8 Å². The maximum atomic E-state index is 14.7. The molecule has 28 heavy (non-hydrogen) atoms. The third-order valence-corrected chi connectivity index (χ3v) is 6.84. The predicted octanol–water partition coefficient (Wildman–Crippen LogP) is 3.44. The molecule has 0 saturated carbocycles. The lowest BCUT2D eigenvalue weighted by molar-refractivity contribution is 0.0704. The highest BCUT2D eigenvalue weighted by molar-refractivity contribution is 8.14. The zero-order valence-corrected chi connectivity index (χ0v) is 17.2. The number of thioether (sulfide) groups is 1. The first kappa shape index (κ1) is 19.7. The van der Waals surface area contributed by atoms with Crippen LogP contribution in [-0.4, -0.2) is 71.4 Å². The van der Waals surface area contributed by atoms with Gasteiger partial charge in [-0.05, 0) is 57.8 Å². The summed E-state index contributed by atoms with van der Waals surface area (Å²) < 4.78 is 20.4. The second-order valence-electron chi connectivity index (χ2n) is 7.87. The fourth-order valence-electron chi connectivity index (χ4n) is 4.30. The molecule has 1 unspecified atom stereocenters. The van der Waals surface area contributed by atoms with Crippen molar-refractivity contribution >= 4 is 22.7 Å². The quantitative estimate of drug-likeness (QED) is 0.727. The lowest BCUT2D eigenvalue weighted by Gasteiger charge is -2.28. The van der Waals surface area contributed by atoms with Crippen molar-refractivity contribution in [1.29, 1.82) is 0 Å². The number of hydrogen-bond donors (Lipinski definition) is 0. The van der Waals surface area contributed by atoms with Gasteiger partial charge in [-0.3, -0.25) is 9.79 Å². The van der Waals surface area contributed by atoms with E-state index in [0.717, 1.165) is 43.3 Å². The third-order valence-electron chi connectivity index (χ3n) is 5.77. The number of benzene rings is 1. The normalized spacial score (nSPS) is 25.4. The fraction of sp³-hybridized carbons (Fsp3) is 0.619. The Kier molecular flexibility index (Phi) is 6.21. The number of aliphatic imine (C=N–C) groups is 1. The van der Waals surface area contributed by atoms with E-state index < -0.39 is 5.82 Å². The summed E-state index contributed by atoms with van der Waals surface area (Å²) in [6, 6.07) is 4.90. The predicted molar refractivity (Wildman–Crippen MR) is 111 cm³/mol. The van der Waals surface area contributed by atoms with E-state index in [1.54, 1.807) is 23.9 Å². The maximum absolute atomic E-state index is 14.7. The van der Waals surface area contributed by atoms with Gasteiger partial charge >= 0.3 is 0 Å². The Morgan fingerprint density at radius 3 is 2.82 bits per heavy atom. The number of carbonyl (C=O) groups is 1. The van der Waals surface area contributed by atoms with Crippen LogP contribution < -0.4 is 4.74 Å². The van der Waals surface area contributed by atoms with Gasteiger partial charge in [0.25, 0.3) is 5.91 Å². The highest BCUT2D eigenvalue weighted by Crippen LogP contribution is 2.25. The van der Waals surface area contributed by atoms with Crippen LogP contribution in [0.15, 0.2) is 23.2 Å². The number of ether oxygens (including phenoxy) is 1. The molecule has 3 aliphatic heterocycles. The first-order chi connectivity index (χ1) is 13.6. The van der Waals surface area contributed by atoms with Crippen molar-refractivity contribution in [2.24, 2.45) is 4.99 Å². The Morgan fingerprint density at radius 1 is 1.29 bits per heavy atom. The molecule has 0 spiro atoms. The number of carbonyl (C=O) groups excluding carboxylic acids is 1. The average molecular weight is 406 g/mol. The summed E-state index contributed by atoms with van der Waals surface area (Å²) in [6.07, 6.45) is 4.47. The van der Waals surface area contributed by atoms with Gasteiger partial charge in [-0.25, -0.2) is 4.39 Å². The van der Waals surface area contributed by atoms with Gasteiger partial charge in [-0.2, -0.15) is 0 Å². The van der Waals surface area contributed by atoms with Gasteiger partial charge < -0.3 is 14.5 Å². The molecular weight excluding hydrogens is 377 g/mol. The molecule has 0 bridgehead atoms. The smallest absolute Gasteiger partial charge is 0.257 e. The number of hydrogen-bond acceptors (Lipinski definition) is 5. The van der Waals surface area contributed by atoms with E-state index in [0.29, 0.717) is 18.9 Å². The first-order valence-corrected chi connectivity index (χ1v) is 11.2. The van der Waals surface area contributed by atoms with E-state index in [4.69, 9.17) is 4.74 Å². The number of likely N-dealkylation sites (tertiary alicyclic amines) is 2. The first-order valence-electron chi connectivity index (χ1n) is 10.2. The van der Waals surface area contributed by atoms with Gasteiger partial charge in [0.1, 0.15) is 18.2 Å². The van der Waals surface area contributed by atoms with Crippen molar-refractivity contribution < 1.29 is 13.9 Å². The number of nitrogens with zero attached hydrogens (tertiary/aromatic N) is 3. The SMILES string of the molecule is CC1=NC(COc2ccc(C(=O)N3CCC[C@H]3CN3CCCC3)c(F)c2)CS1. The lowest BCUT2D eigenvalue weighted by atomic mass is 10.1. The molecule has 3 aliphatic rings. The zero-order valence-electron chi connectivity index (χ0n) is 16.4. The number of rotatable bonds is 6. The van der Waals surface area contributed by atoms with Crippen LogP contribution in [0.2, 0.25) is 0 Å². The molecule has 0 aliphatic carbocycles. The van der Waals surface area contributed by atoms with Crippen molar-refractivity contribution in [2.45, 2.75) is 44.7 Å². The third kappa shape index (κ3) is 4.51. The topological polar surface area (TPSA) is 45.1 Å². The van der Waals surface area contributed by atoms with Gasteiger partial charge in [0.2, 0.25) is 0 Å². The number of amides is 1. The molecule has 3 heterocycles. The maximum Gasteiger partial charge on any atom is 0.257 e. The Bertz CT molecular complexity index is 751. The summed E-state index contributed by atoms with van der Waals surface area (Å²) >= 11 is 1.72. The van der Waals surface area contributed by atoms with Crippen molar-refractivity contribution in [2.75, 3.05) is 38.5 Å². The van der Waals surface area contributed by atoms with Gasteiger partial charge in [-0.15, -0.1) is 11.8 Å². The van der Waals surface area contributed by atoms with Crippen molar-refractivity contribution in [3.05, 3.63) is 29.6 Å². The summed E-state index contributed by atoms with van der Waals surface area (Å²) in [4.78, 5) is 21.7. The highest BCUT2D eigenvalue weighted by atomic mass is 32.2. The van der Waals surface area contributed by atoms with E-state index in [9.17, 15) is 9.18 Å². The Hall–Kier alpha value is -1.60. The Balaban J connectivity index is 1.38. The minimum absolute atomic E-state index is 0.116. The van der Waals surface area contributed by atoms with Crippen LogP contribution in [-0.2, 0) is 0 Å². The van der Waals surface area contributed by atoms with Crippen molar-refractivity contribution in [3.8, 4) is 5.75 Å². The van der Waals surface area contributed by atoms with Gasteiger partial charge in [0.05, 0.1) is 16.6 Å².